The van der Waals surface area contributed by atoms with E-state index in [1.807, 2.05) is 37.3 Å². The summed E-state index contributed by atoms with van der Waals surface area (Å²) in [7, 11) is 3.18. The van der Waals surface area contributed by atoms with Gasteiger partial charge >= 0.3 is 0 Å². The van der Waals surface area contributed by atoms with Crippen LogP contribution in [-0.4, -0.2) is 75.0 Å². The summed E-state index contributed by atoms with van der Waals surface area (Å²) in [5.41, 5.74) is 2.30. The third-order valence-corrected chi connectivity index (χ3v) is 7.48. The number of piperazine rings is 1. The van der Waals surface area contributed by atoms with E-state index in [4.69, 9.17) is 13.9 Å². The van der Waals surface area contributed by atoms with Crippen molar-refractivity contribution in [2.45, 2.75) is 19.1 Å². The molecule has 0 radical (unpaired) electrons. The number of halogens is 1. The topological polar surface area (TPSA) is 80.1 Å². The van der Waals surface area contributed by atoms with Gasteiger partial charge < -0.3 is 24.1 Å². The number of aromatic nitrogens is 1. The van der Waals surface area contributed by atoms with Crippen molar-refractivity contribution < 1.29 is 23.1 Å². The van der Waals surface area contributed by atoms with E-state index >= 15 is 0 Å². The summed E-state index contributed by atoms with van der Waals surface area (Å²) in [4.78, 5) is 21.4. The van der Waals surface area contributed by atoms with E-state index in [9.17, 15) is 9.18 Å². The number of methoxy groups -OCH3 is 2. The normalized spacial score (nSPS) is 13.9. The lowest BCUT2D eigenvalue weighted by Crippen LogP contribution is -2.47. The first-order chi connectivity index (χ1) is 18.5. The minimum absolute atomic E-state index is 0.0145. The number of hydrogen-bond acceptors (Lipinski definition) is 8. The summed E-state index contributed by atoms with van der Waals surface area (Å²) in [5.74, 6) is 3.29. The number of carbonyl (C=O) groups excluding carboxylic acids is 1. The molecular weight excluding hydrogens is 507 g/mol. The molecule has 0 bridgehead atoms. The SMILES string of the molecule is COc1ccc(-c2nc(CSCC(=O)NCCCN3CCN(c4ccccc4F)CC3)c(C)o2)cc1OC. The lowest BCUT2D eigenvalue weighted by atomic mass is 10.2. The highest BCUT2D eigenvalue weighted by molar-refractivity contribution is 7.99. The summed E-state index contributed by atoms with van der Waals surface area (Å²) < 4.78 is 30.5. The number of thioether (sulfide) groups is 1. The van der Waals surface area contributed by atoms with Gasteiger partial charge in [0, 0.05) is 44.0 Å². The predicted octanol–water partition coefficient (Wildman–Crippen LogP) is 4.37. The molecule has 0 unspecified atom stereocenters. The Balaban J connectivity index is 1.13. The molecule has 1 aliphatic heterocycles. The van der Waals surface area contributed by atoms with Gasteiger partial charge in [0.05, 0.1) is 31.4 Å². The average molecular weight is 543 g/mol. The highest BCUT2D eigenvalue weighted by Crippen LogP contribution is 2.33. The molecule has 0 aliphatic carbocycles. The maximum Gasteiger partial charge on any atom is 0.230 e. The minimum Gasteiger partial charge on any atom is -0.493 e. The quantitative estimate of drug-likeness (QED) is 0.338. The molecule has 0 spiro atoms. The van der Waals surface area contributed by atoms with Crippen LogP contribution in [0.1, 0.15) is 17.9 Å². The molecule has 1 fully saturated rings. The van der Waals surface area contributed by atoms with Crippen LogP contribution in [-0.2, 0) is 10.5 Å². The fourth-order valence-corrected chi connectivity index (χ4v) is 5.25. The zero-order valence-electron chi connectivity index (χ0n) is 22.2. The standard InChI is InChI=1S/C28H35FN4O4S/c1-20-23(31-28(37-20)21-9-10-25(35-2)26(17-21)36-3)18-38-19-27(34)30-11-6-12-32-13-15-33(16-14-32)24-8-5-4-7-22(24)29/h4-5,7-10,17H,6,11-16,18-19H2,1-3H3,(H,30,34). The van der Waals surface area contributed by atoms with E-state index in [1.165, 1.54) is 17.8 Å². The van der Waals surface area contributed by atoms with Crippen LogP contribution in [0.2, 0.25) is 0 Å². The van der Waals surface area contributed by atoms with Crippen molar-refractivity contribution in [3.8, 4) is 23.0 Å². The van der Waals surface area contributed by atoms with Gasteiger partial charge in [-0.3, -0.25) is 9.69 Å². The van der Waals surface area contributed by atoms with Gasteiger partial charge in [-0.05, 0) is 50.2 Å². The summed E-state index contributed by atoms with van der Waals surface area (Å²) in [6.07, 6.45) is 0.882. The zero-order chi connectivity index (χ0) is 26.9. The number of benzene rings is 2. The fourth-order valence-electron chi connectivity index (χ4n) is 4.40. The molecule has 4 rings (SSSR count). The summed E-state index contributed by atoms with van der Waals surface area (Å²) in [6, 6.07) is 12.5. The highest BCUT2D eigenvalue weighted by atomic mass is 32.2. The maximum absolute atomic E-state index is 14.0. The third kappa shape index (κ3) is 7.20. The van der Waals surface area contributed by atoms with Crippen molar-refractivity contribution >= 4 is 23.4 Å². The Labute approximate surface area is 227 Å². The molecule has 1 saturated heterocycles. The summed E-state index contributed by atoms with van der Waals surface area (Å²) in [6.45, 7) is 6.82. The van der Waals surface area contributed by atoms with Crippen LogP contribution < -0.4 is 19.7 Å². The molecule has 204 valence electrons. The Morgan fingerprint density at radius 2 is 1.87 bits per heavy atom. The first-order valence-electron chi connectivity index (χ1n) is 12.7. The number of aryl methyl sites for hydroxylation is 1. The number of nitrogens with one attached hydrogen (secondary N) is 1. The molecule has 1 amide bonds. The number of oxazole rings is 1. The second-order valence-electron chi connectivity index (χ2n) is 9.07. The van der Waals surface area contributed by atoms with Crippen LogP contribution in [0.15, 0.2) is 46.9 Å². The van der Waals surface area contributed by atoms with E-state index in [1.54, 1.807) is 20.3 Å². The van der Waals surface area contributed by atoms with Crippen LogP contribution in [0.3, 0.4) is 0 Å². The zero-order valence-corrected chi connectivity index (χ0v) is 23.0. The van der Waals surface area contributed by atoms with Crippen molar-refractivity contribution in [2.24, 2.45) is 0 Å². The number of anilines is 1. The number of para-hydroxylation sites is 1. The van der Waals surface area contributed by atoms with Gasteiger partial charge in [0.1, 0.15) is 11.6 Å². The number of nitrogens with zero attached hydrogens (tertiary/aromatic N) is 3. The third-order valence-electron chi connectivity index (χ3n) is 6.53. The molecule has 38 heavy (non-hydrogen) atoms. The number of ether oxygens (including phenoxy) is 2. The van der Waals surface area contributed by atoms with Crippen LogP contribution in [0.25, 0.3) is 11.5 Å². The predicted molar refractivity (Wildman–Crippen MR) is 149 cm³/mol. The molecule has 1 aliphatic rings. The Morgan fingerprint density at radius 3 is 2.61 bits per heavy atom. The molecule has 0 atom stereocenters. The summed E-state index contributed by atoms with van der Waals surface area (Å²) >= 11 is 1.51. The average Bonchev–Trinajstić information content (AvgIpc) is 3.31. The monoisotopic (exact) mass is 542 g/mol. The van der Waals surface area contributed by atoms with Crippen LogP contribution >= 0.6 is 11.8 Å². The van der Waals surface area contributed by atoms with Crippen molar-refractivity contribution in [3.63, 3.8) is 0 Å². The van der Waals surface area contributed by atoms with Crippen molar-refractivity contribution in [1.82, 2.24) is 15.2 Å². The Morgan fingerprint density at radius 1 is 1.11 bits per heavy atom. The highest BCUT2D eigenvalue weighted by Gasteiger charge is 2.19. The van der Waals surface area contributed by atoms with Gasteiger partial charge in [-0.1, -0.05) is 12.1 Å². The summed E-state index contributed by atoms with van der Waals surface area (Å²) in [5, 5.41) is 3.00. The first kappa shape index (κ1) is 27.8. The van der Waals surface area contributed by atoms with E-state index < -0.39 is 0 Å². The molecule has 2 heterocycles. The van der Waals surface area contributed by atoms with Crippen LogP contribution in [0.5, 0.6) is 11.5 Å². The second-order valence-corrected chi connectivity index (χ2v) is 10.1. The van der Waals surface area contributed by atoms with Gasteiger partial charge in [-0.15, -0.1) is 11.8 Å². The van der Waals surface area contributed by atoms with Crippen LogP contribution in [0, 0.1) is 12.7 Å². The van der Waals surface area contributed by atoms with E-state index in [0.29, 0.717) is 41.1 Å². The van der Waals surface area contributed by atoms with E-state index in [0.717, 1.165) is 56.2 Å². The van der Waals surface area contributed by atoms with Crippen molar-refractivity contribution in [1.29, 1.82) is 0 Å². The van der Waals surface area contributed by atoms with E-state index in [2.05, 4.69) is 20.1 Å². The van der Waals surface area contributed by atoms with Crippen molar-refractivity contribution in [3.05, 3.63) is 59.7 Å². The lowest BCUT2D eigenvalue weighted by molar-refractivity contribution is -0.118. The molecule has 10 heteroatoms. The largest absolute Gasteiger partial charge is 0.493 e. The molecular formula is C28H35FN4O4S. The second kappa shape index (κ2) is 13.5. The smallest absolute Gasteiger partial charge is 0.230 e. The molecule has 1 N–H and O–H groups in total. The van der Waals surface area contributed by atoms with Gasteiger partial charge in [0.2, 0.25) is 11.8 Å². The molecule has 3 aromatic rings. The minimum atomic E-state index is -0.168. The Bertz CT molecular complexity index is 1210. The fraction of sp³-hybridized carbons (Fsp3) is 0.429. The lowest BCUT2D eigenvalue weighted by Gasteiger charge is -2.36. The molecule has 2 aromatic carbocycles. The molecule has 8 nitrogen and oxygen atoms in total. The van der Waals surface area contributed by atoms with Gasteiger partial charge in [-0.2, -0.15) is 0 Å². The number of hydrogen-bond donors (Lipinski definition) is 1. The van der Waals surface area contributed by atoms with Crippen molar-refractivity contribution in [2.75, 3.05) is 64.1 Å². The Kier molecular flexibility index (Phi) is 9.89. The van der Waals surface area contributed by atoms with Crippen LogP contribution in [0.4, 0.5) is 10.1 Å². The Hall–Kier alpha value is -3.24. The number of carbonyl (C=O) groups is 1. The van der Waals surface area contributed by atoms with Gasteiger partial charge in [0.25, 0.3) is 0 Å². The molecule has 0 saturated carbocycles. The first-order valence-corrected chi connectivity index (χ1v) is 13.9. The van der Waals surface area contributed by atoms with Gasteiger partial charge in [0.15, 0.2) is 11.5 Å². The van der Waals surface area contributed by atoms with Gasteiger partial charge in [-0.25, -0.2) is 9.37 Å². The van der Waals surface area contributed by atoms with E-state index in [-0.39, 0.29) is 11.7 Å². The molecule has 1 aromatic heterocycles. The maximum atomic E-state index is 14.0. The number of amides is 1. The number of rotatable bonds is 12.